The maximum absolute atomic E-state index is 11.8. The molecule has 90 valence electrons. The smallest absolute Gasteiger partial charge is 0.252 e. The Labute approximate surface area is 101 Å². The summed E-state index contributed by atoms with van der Waals surface area (Å²) in [7, 11) is 0. The molecule has 18 heavy (non-hydrogen) atoms. The van der Waals surface area contributed by atoms with Crippen LogP contribution in [0.3, 0.4) is 0 Å². The molecule has 2 N–H and O–H groups in total. The predicted molar refractivity (Wildman–Crippen MR) is 63.9 cm³/mol. The molecule has 0 spiro atoms. The SMILES string of the molecule is O=c1[nH]c2ncccc2cc1CCc1nn[nH]n1. The Morgan fingerprint density at radius 3 is 3.06 bits per heavy atom. The number of aryl methyl sites for hydroxylation is 2. The second-order valence-electron chi connectivity index (χ2n) is 3.89. The van der Waals surface area contributed by atoms with Crippen molar-refractivity contribution >= 4 is 11.0 Å². The molecule has 0 aliphatic carbocycles. The zero-order chi connectivity index (χ0) is 12.4. The van der Waals surface area contributed by atoms with Gasteiger partial charge in [0, 0.05) is 23.6 Å². The van der Waals surface area contributed by atoms with E-state index in [9.17, 15) is 4.79 Å². The first-order valence-electron chi connectivity index (χ1n) is 5.52. The third-order valence-corrected chi connectivity index (χ3v) is 2.70. The molecule has 0 saturated heterocycles. The van der Waals surface area contributed by atoms with Crippen LogP contribution >= 0.6 is 0 Å². The number of aromatic amines is 2. The van der Waals surface area contributed by atoms with Gasteiger partial charge < -0.3 is 4.98 Å². The highest BCUT2D eigenvalue weighted by Gasteiger charge is 2.05. The first-order valence-corrected chi connectivity index (χ1v) is 5.52. The molecule has 0 saturated carbocycles. The lowest BCUT2D eigenvalue weighted by atomic mass is 10.1. The summed E-state index contributed by atoms with van der Waals surface area (Å²) >= 11 is 0. The lowest BCUT2D eigenvalue weighted by Gasteiger charge is -2.00. The maximum Gasteiger partial charge on any atom is 0.252 e. The summed E-state index contributed by atoms with van der Waals surface area (Å²) in [4.78, 5) is 18.7. The van der Waals surface area contributed by atoms with Gasteiger partial charge in [0.1, 0.15) is 5.65 Å². The average Bonchev–Trinajstić information content (AvgIpc) is 2.89. The van der Waals surface area contributed by atoms with E-state index in [0.29, 0.717) is 29.9 Å². The largest absolute Gasteiger partial charge is 0.306 e. The molecule has 0 unspecified atom stereocenters. The lowest BCUT2D eigenvalue weighted by molar-refractivity contribution is 0.855. The number of nitrogens with one attached hydrogen (secondary N) is 2. The number of tetrazole rings is 1. The van der Waals surface area contributed by atoms with Crippen LogP contribution in [0.4, 0.5) is 0 Å². The molecule has 3 aromatic heterocycles. The summed E-state index contributed by atoms with van der Waals surface area (Å²) in [5.74, 6) is 0.598. The molecule has 0 atom stereocenters. The molecule has 0 aliphatic heterocycles. The third kappa shape index (κ3) is 1.97. The zero-order valence-corrected chi connectivity index (χ0v) is 9.42. The molecule has 3 rings (SSSR count). The van der Waals surface area contributed by atoms with Gasteiger partial charge in [-0.05, 0) is 24.6 Å². The molecular formula is C11H10N6O. The van der Waals surface area contributed by atoms with Crippen molar-refractivity contribution in [3.8, 4) is 0 Å². The standard InChI is InChI=1S/C11H10N6O/c18-11-8(3-4-9-14-16-17-15-9)6-7-2-1-5-12-10(7)13-11/h1-2,5-6H,3-4H2,(H,12,13,18)(H,14,15,16,17). The summed E-state index contributed by atoms with van der Waals surface area (Å²) < 4.78 is 0. The van der Waals surface area contributed by atoms with E-state index >= 15 is 0 Å². The van der Waals surface area contributed by atoms with Crippen LogP contribution < -0.4 is 5.56 Å². The lowest BCUT2D eigenvalue weighted by Crippen LogP contribution is -2.13. The Hall–Kier alpha value is -2.57. The van der Waals surface area contributed by atoms with E-state index in [4.69, 9.17) is 0 Å². The van der Waals surface area contributed by atoms with E-state index in [1.807, 2.05) is 18.2 Å². The van der Waals surface area contributed by atoms with Crippen molar-refractivity contribution in [2.24, 2.45) is 0 Å². The van der Waals surface area contributed by atoms with E-state index in [1.54, 1.807) is 6.20 Å². The van der Waals surface area contributed by atoms with Gasteiger partial charge in [0.25, 0.3) is 5.56 Å². The number of aromatic nitrogens is 6. The zero-order valence-electron chi connectivity index (χ0n) is 9.42. The first kappa shape index (κ1) is 10.6. The van der Waals surface area contributed by atoms with E-state index in [1.165, 1.54) is 0 Å². The summed E-state index contributed by atoms with van der Waals surface area (Å²) in [6.07, 6.45) is 2.79. The molecule has 3 aromatic rings. The van der Waals surface area contributed by atoms with Crippen molar-refractivity contribution in [2.45, 2.75) is 12.8 Å². The molecule has 0 bridgehead atoms. The van der Waals surface area contributed by atoms with Crippen LogP contribution in [-0.4, -0.2) is 30.6 Å². The van der Waals surface area contributed by atoms with Gasteiger partial charge in [-0.25, -0.2) is 4.98 Å². The normalized spacial score (nSPS) is 10.9. The molecular weight excluding hydrogens is 232 g/mol. The summed E-state index contributed by atoms with van der Waals surface area (Å²) in [6.45, 7) is 0. The Bertz CT molecular complexity index is 718. The summed E-state index contributed by atoms with van der Waals surface area (Å²) in [6, 6.07) is 5.60. The molecule has 7 nitrogen and oxygen atoms in total. The van der Waals surface area contributed by atoms with Gasteiger partial charge in [-0.1, -0.05) is 5.21 Å². The van der Waals surface area contributed by atoms with Crippen LogP contribution in [0, 0.1) is 0 Å². The van der Waals surface area contributed by atoms with Crippen molar-refractivity contribution in [1.82, 2.24) is 30.6 Å². The Balaban J connectivity index is 1.92. The van der Waals surface area contributed by atoms with E-state index in [0.717, 1.165) is 5.39 Å². The van der Waals surface area contributed by atoms with Crippen molar-refractivity contribution in [1.29, 1.82) is 0 Å². The minimum Gasteiger partial charge on any atom is -0.306 e. The minimum absolute atomic E-state index is 0.121. The van der Waals surface area contributed by atoms with Gasteiger partial charge in [-0.2, -0.15) is 5.21 Å². The maximum atomic E-state index is 11.8. The van der Waals surface area contributed by atoms with Crippen molar-refractivity contribution in [3.63, 3.8) is 0 Å². The second-order valence-corrected chi connectivity index (χ2v) is 3.89. The fourth-order valence-electron chi connectivity index (χ4n) is 1.80. The average molecular weight is 242 g/mol. The van der Waals surface area contributed by atoms with Crippen LogP contribution in [0.5, 0.6) is 0 Å². The molecule has 0 radical (unpaired) electrons. The number of pyridine rings is 2. The number of rotatable bonds is 3. The Kier molecular flexibility index (Phi) is 2.56. The summed E-state index contributed by atoms with van der Waals surface area (Å²) in [5.41, 5.74) is 1.18. The van der Waals surface area contributed by atoms with Gasteiger partial charge in [-0.3, -0.25) is 4.79 Å². The number of H-pyrrole nitrogens is 2. The molecule has 0 amide bonds. The van der Waals surface area contributed by atoms with E-state index in [2.05, 4.69) is 30.6 Å². The van der Waals surface area contributed by atoms with Gasteiger partial charge in [0.2, 0.25) is 0 Å². The fourth-order valence-corrected chi connectivity index (χ4v) is 1.80. The van der Waals surface area contributed by atoms with Gasteiger partial charge in [0.05, 0.1) is 0 Å². The van der Waals surface area contributed by atoms with Crippen molar-refractivity contribution in [2.75, 3.05) is 0 Å². The van der Waals surface area contributed by atoms with Crippen LogP contribution in [-0.2, 0) is 12.8 Å². The molecule has 0 fully saturated rings. The van der Waals surface area contributed by atoms with Crippen molar-refractivity contribution in [3.05, 3.63) is 46.1 Å². The highest BCUT2D eigenvalue weighted by molar-refractivity contribution is 5.74. The monoisotopic (exact) mass is 242 g/mol. The van der Waals surface area contributed by atoms with Crippen LogP contribution in [0.15, 0.2) is 29.2 Å². The number of nitrogens with zero attached hydrogens (tertiary/aromatic N) is 4. The Morgan fingerprint density at radius 1 is 1.28 bits per heavy atom. The van der Waals surface area contributed by atoms with Crippen LogP contribution in [0.1, 0.15) is 11.4 Å². The van der Waals surface area contributed by atoms with Gasteiger partial charge in [0.15, 0.2) is 5.82 Å². The highest BCUT2D eigenvalue weighted by atomic mass is 16.1. The molecule has 3 heterocycles. The Morgan fingerprint density at radius 2 is 2.22 bits per heavy atom. The van der Waals surface area contributed by atoms with E-state index in [-0.39, 0.29) is 5.56 Å². The second kappa shape index (κ2) is 4.36. The topological polar surface area (TPSA) is 100 Å². The molecule has 0 aromatic carbocycles. The third-order valence-electron chi connectivity index (χ3n) is 2.70. The van der Waals surface area contributed by atoms with Gasteiger partial charge in [-0.15, -0.1) is 10.2 Å². The van der Waals surface area contributed by atoms with Crippen molar-refractivity contribution < 1.29 is 0 Å². The molecule has 0 aliphatic rings. The number of hydrogen-bond acceptors (Lipinski definition) is 5. The predicted octanol–water partition coefficient (Wildman–Crippen LogP) is 0.221. The number of hydrogen-bond donors (Lipinski definition) is 2. The number of fused-ring (bicyclic) bond motifs is 1. The first-order chi connectivity index (χ1) is 8.83. The summed E-state index contributed by atoms with van der Waals surface area (Å²) in [5, 5.41) is 14.5. The minimum atomic E-state index is -0.121. The molecule has 7 heteroatoms. The quantitative estimate of drug-likeness (QED) is 0.684. The fraction of sp³-hybridized carbons (Fsp3) is 0.182. The van der Waals surface area contributed by atoms with Crippen LogP contribution in [0.25, 0.3) is 11.0 Å². The van der Waals surface area contributed by atoms with E-state index < -0.39 is 0 Å². The van der Waals surface area contributed by atoms with Crippen LogP contribution in [0.2, 0.25) is 0 Å². The van der Waals surface area contributed by atoms with Gasteiger partial charge >= 0.3 is 0 Å². The highest BCUT2D eigenvalue weighted by Crippen LogP contribution is 2.08.